The number of anilines is 2. The molecule has 2 rings (SSSR count). The van der Waals surface area contributed by atoms with E-state index in [9.17, 15) is 22.4 Å². The van der Waals surface area contributed by atoms with Crippen LogP contribution in [-0.4, -0.2) is 18.6 Å². The molecule has 0 atom stereocenters. The Morgan fingerprint density at radius 3 is 2.20 bits per heavy atom. The monoisotopic (exact) mass is 286 g/mol. The fraction of sp³-hybridized carbons (Fsp3) is 0.154. The molecule has 0 aromatic heterocycles. The minimum Gasteiger partial charge on any atom is -0.354 e. The number of benzene rings is 1. The van der Waals surface area contributed by atoms with Crippen LogP contribution in [0.5, 0.6) is 0 Å². The van der Waals surface area contributed by atoms with E-state index in [1.54, 1.807) is 24.3 Å². The molecule has 0 fully saturated rings. The van der Waals surface area contributed by atoms with Gasteiger partial charge in [0, 0.05) is 11.8 Å². The molecule has 0 amide bonds. The number of fused-ring (bicyclic) bond motifs is 1. The maximum Gasteiger partial charge on any atom is 0.299 e. The lowest BCUT2D eigenvalue weighted by Gasteiger charge is -2.10. The van der Waals surface area contributed by atoms with Crippen molar-refractivity contribution in [3.05, 3.63) is 47.8 Å². The fourth-order valence-corrected chi connectivity index (χ4v) is 1.66. The summed E-state index contributed by atoms with van der Waals surface area (Å²) in [5, 5.41) is 5.17. The van der Waals surface area contributed by atoms with Crippen LogP contribution in [-0.2, 0) is 4.79 Å². The first-order valence-corrected chi connectivity index (χ1v) is 5.64. The summed E-state index contributed by atoms with van der Waals surface area (Å²) in [6.07, 6.45) is -4.46. The number of para-hydroxylation sites is 2. The number of allylic oxidation sites excluding steroid dienone is 3. The van der Waals surface area contributed by atoms with Gasteiger partial charge in [-0.05, 0) is 18.2 Å². The Hall–Kier alpha value is -2.31. The molecular weight excluding hydrogens is 276 g/mol. The summed E-state index contributed by atoms with van der Waals surface area (Å²) in [5.74, 6) is -1.45. The largest absolute Gasteiger partial charge is 0.354 e. The minimum atomic E-state index is -3.18. The van der Waals surface area contributed by atoms with Crippen molar-refractivity contribution < 1.29 is 22.4 Å². The van der Waals surface area contributed by atoms with Crippen molar-refractivity contribution in [3.8, 4) is 0 Å². The van der Waals surface area contributed by atoms with Crippen LogP contribution in [0.2, 0.25) is 0 Å². The minimum absolute atomic E-state index is 0.122. The number of carbonyl (C=O) groups excluding carboxylic acids is 1. The molecule has 0 spiro atoms. The first-order chi connectivity index (χ1) is 9.47. The van der Waals surface area contributed by atoms with Gasteiger partial charge < -0.3 is 10.6 Å². The zero-order valence-corrected chi connectivity index (χ0v) is 10.0. The molecule has 106 valence electrons. The Kier molecular flexibility index (Phi) is 4.07. The van der Waals surface area contributed by atoms with Gasteiger partial charge in [-0.3, -0.25) is 4.79 Å². The van der Waals surface area contributed by atoms with Crippen molar-refractivity contribution in [1.82, 2.24) is 0 Å². The van der Waals surface area contributed by atoms with Crippen LogP contribution in [0.4, 0.5) is 28.9 Å². The molecule has 20 heavy (non-hydrogen) atoms. The molecule has 1 aliphatic rings. The molecule has 1 aliphatic heterocycles. The Balaban J connectivity index is 2.42. The van der Waals surface area contributed by atoms with Gasteiger partial charge in [0.15, 0.2) is 0 Å². The van der Waals surface area contributed by atoms with Gasteiger partial charge in [-0.25, -0.2) is 17.6 Å². The van der Waals surface area contributed by atoms with Gasteiger partial charge in [0.25, 0.3) is 12.9 Å². The zero-order valence-electron chi connectivity index (χ0n) is 10.0. The molecule has 0 saturated heterocycles. The maximum absolute atomic E-state index is 12.8. The molecule has 1 aromatic carbocycles. The third-order valence-corrected chi connectivity index (χ3v) is 2.54. The molecule has 0 saturated carbocycles. The quantitative estimate of drug-likeness (QED) is 0.661. The molecule has 1 heterocycles. The maximum atomic E-state index is 12.8. The third kappa shape index (κ3) is 3.17. The number of carbonyl (C=O) groups is 1. The molecule has 0 bridgehead atoms. The Morgan fingerprint density at radius 1 is 1.05 bits per heavy atom. The summed E-state index contributed by atoms with van der Waals surface area (Å²) in [6.45, 7) is 0. The predicted molar refractivity (Wildman–Crippen MR) is 66.9 cm³/mol. The number of hydrogen-bond donors (Lipinski definition) is 2. The van der Waals surface area contributed by atoms with Gasteiger partial charge in [-0.1, -0.05) is 12.1 Å². The van der Waals surface area contributed by atoms with Crippen LogP contribution in [0.25, 0.3) is 0 Å². The smallest absolute Gasteiger partial charge is 0.299 e. The molecule has 1 aromatic rings. The highest BCUT2D eigenvalue weighted by Crippen LogP contribution is 2.29. The third-order valence-electron chi connectivity index (χ3n) is 2.54. The van der Waals surface area contributed by atoms with E-state index < -0.39 is 24.3 Å². The summed E-state index contributed by atoms with van der Waals surface area (Å²) < 4.78 is 50.2. The highest BCUT2D eigenvalue weighted by molar-refractivity contribution is 5.94. The van der Waals surface area contributed by atoms with E-state index in [0.717, 1.165) is 6.08 Å². The zero-order chi connectivity index (χ0) is 14.7. The van der Waals surface area contributed by atoms with Crippen LogP contribution >= 0.6 is 0 Å². The Labute approximate surface area is 112 Å². The van der Waals surface area contributed by atoms with E-state index in [0.29, 0.717) is 17.5 Å². The summed E-state index contributed by atoms with van der Waals surface area (Å²) in [5.41, 5.74) is 0.179. The van der Waals surface area contributed by atoms with Crippen LogP contribution in [0.3, 0.4) is 0 Å². The molecule has 7 heteroatoms. The molecule has 2 N–H and O–H groups in total. The van der Waals surface area contributed by atoms with Crippen LogP contribution in [0, 0.1) is 0 Å². The SMILES string of the molecule is O=C(C=C1C=C(C(F)F)Nc2ccccc2N1)C(F)F. The number of ketones is 1. The van der Waals surface area contributed by atoms with Gasteiger partial charge in [-0.15, -0.1) is 0 Å². The summed E-state index contributed by atoms with van der Waals surface area (Å²) in [7, 11) is 0. The lowest BCUT2D eigenvalue weighted by atomic mass is 10.2. The van der Waals surface area contributed by atoms with Gasteiger partial charge in [-0.2, -0.15) is 0 Å². The highest BCUT2D eigenvalue weighted by atomic mass is 19.3. The van der Waals surface area contributed by atoms with Crippen molar-refractivity contribution in [2.75, 3.05) is 10.6 Å². The van der Waals surface area contributed by atoms with Crippen LogP contribution < -0.4 is 10.6 Å². The second-order valence-electron chi connectivity index (χ2n) is 4.00. The number of alkyl halides is 4. The van der Waals surface area contributed by atoms with Gasteiger partial charge in [0.1, 0.15) is 0 Å². The number of halogens is 4. The Morgan fingerprint density at radius 2 is 1.65 bits per heavy atom. The van der Waals surface area contributed by atoms with E-state index in [4.69, 9.17) is 0 Å². The summed E-state index contributed by atoms with van der Waals surface area (Å²) >= 11 is 0. The topological polar surface area (TPSA) is 41.1 Å². The Bertz CT molecular complexity index is 581. The second-order valence-corrected chi connectivity index (χ2v) is 4.00. The number of nitrogens with one attached hydrogen (secondary N) is 2. The molecular formula is C13H10F4N2O. The van der Waals surface area contributed by atoms with Gasteiger partial charge >= 0.3 is 0 Å². The average molecular weight is 286 g/mol. The molecule has 0 radical (unpaired) electrons. The normalized spacial score (nSPS) is 16.3. The standard InChI is InChI=1S/C13H10F4N2O/c14-12(15)10-5-7(6-11(20)13(16)17)18-8-3-1-2-4-9(8)19-10/h1-6,12-13,18-19H. The summed E-state index contributed by atoms with van der Waals surface area (Å²) in [4.78, 5) is 11.0. The van der Waals surface area contributed by atoms with Gasteiger partial charge in [0.05, 0.1) is 17.1 Å². The van der Waals surface area contributed by atoms with Gasteiger partial charge in [0.2, 0.25) is 5.78 Å². The lowest BCUT2D eigenvalue weighted by Crippen LogP contribution is -2.10. The van der Waals surface area contributed by atoms with E-state index in [1.165, 1.54) is 0 Å². The van der Waals surface area contributed by atoms with E-state index >= 15 is 0 Å². The van der Waals surface area contributed by atoms with Crippen molar-refractivity contribution in [2.45, 2.75) is 12.9 Å². The number of hydrogen-bond acceptors (Lipinski definition) is 3. The molecule has 0 aliphatic carbocycles. The van der Waals surface area contributed by atoms with E-state index in [-0.39, 0.29) is 5.70 Å². The van der Waals surface area contributed by atoms with E-state index in [1.807, 2.05) is 0 Å². The van der Waals surface area contributed by atoms with Crippen molar-refractivity contribution in [1.29, 1.82) is 0 Å². The number of rotatable bonds is 3. The molecule has 0 unspecified atom stereocenters. The first-order valence-electron chi connectivity index (χ1n) is 5.64. The predicted octanol–water partition coefficient (Wildman–Crippen LogP) is 3.39. The van der Waals surface area contributed by atoms with Crippen molar-refractivity contribution in [3.63, 3.8) is 0 Å². The van der Waals surface area contributed by atoms with Crippen LogP contribution in [0.15, 0.2) is 47.8 Å². The highest BCUT2D eigenvalue weighted by Gasteiger charge is 2.19. The van der Waals surface area contributed by atoms with Crippen LogP contribution in [0.1, 0.15) is 0 Å². The van der Waals surface area contributed by atoms with Crippen molar-refractivity contribution in [2.24, 2.45) is 0 Å². The molecule has 3 nitrogen and oxygen atoms in total. The fourth-order valence-electron chi connectivity index (χ4n) is 1.66. The lowest BCUT2D eigenvalue weighted by molar-refractivity contribution is -0.124. The van der Waals surface area contributed by atoms with Crippen molar-refractivity contribution >= 4 is 17.2 Å². The van der Waals surface area contributed by atoms with E-state index in [2.05, 4.69) is 10.6 Å². The average Bonchev–Trinajstić information content (AvgIpc) is 2.57. The first kappa shape index (κ1) is 14.1. The summed E-state index contributed by atoms with van der Waals surface area (Å²) in [6, 6.07) is 6.41. The second kappa shape index (κ2) is 5.77.